The molecule has 0 saturated carbocycles. The summed E-state index contributed by atoms with van der Waals surface area (Å²) in [6.07, 6.45) is 0.609. The van der Waals surface area contributed by atoms with Crippen molar-refractivity contribution in [2.45, 2.75) is 11.3 Å². The highest BCUT2D eigenvalue weighted by Crippen LogP contribution is 2.31. The molecular weight excluding hydrogens is 375 g/mol. The van der Waals surface area contributed by atoms with Crippen molar-refractivity contribution >= 4 is 27.3 Å². The SMILES string of the molecule is COCC(=O)N1CCc2cc(NS(=O)(=O)c3ccc(OC)c(F)c3)ccc21. The van der Waals surface area contributed by atoms with E-state index in [1.165, 1.54) is 26.4 Å². The summed E-state index contributed by atoms with van der Waals surface area (Å²) >= 11 is 0. The molecule has 7 nitrogen and oxygen atoms in total. The fourth-order valence-electron chi connectivity index (χ4n) is 2.95. The van der Waals surface area contributed by atoms with Gasteiger partial charge in [0.15, 0.2) is 11.6 Å². The summed E-state index contributed by atoms with van der Waals surface area (Å²) in [4.78, 5) is 13.4. The van der Waals surface area contributed by atoms with E-state index >= 15 is 0 Å². The van der Waals surface area contributed by atoms with E-state index in [9.17, 15) is 17.6 Å². The topological polar surface area (TPSA) is 84.9 Å². The predicted molar refractivity (Wildman–Crippen MR) is 98.1 cm³/mol. The zero-order valence-electron chi connectivity index (χ0n) is 14.9. The number of sulfonamides is 1. The number of ether oxygens (including phenoxy) is 2. The van der Waals surface area contributed by atoms with Crippen molar-refractivity contribution in [2.24, 2.45) is 0 Å². The van der Waals surface area contributed by atoms with Gasteiger partial charge < -0.3 is 14.4 Å². The van der Waals surface area contributed by atoms with E-state index in [4.69, 9.17) is 9.47 Å². The standard InChI is InChI=1S/C18H19FN2O5S/c1-25-11-18(22)21-8-7-12-9-13(3-5-16(12)21)20-27(23,24)14-4-6-17(26-2)15(19)10-14/h3-6,9-10,20H,7-8,11H2,1-2H3. The van der Waals surface area contributed by atoms with Gasteiger partial charge in [0.2, 0.25) is 0 Å². The third-order valence-corrected chi connectivity index (χ3v) is 5.61. The van der Waals surface area contributed by atoms with E-state index in [1.807, 2.05) is 0 Å². The van der Waals surface area contributed by atoms with Crippen molar-refractivity contribution in [3.8, 4) is 5.75 Å². The van der Waals surface area contributed by atoms with Crippen LogP contribution in [0.1, 0.15) is 5.56 Å². The van der Waals surface area contributed by atoms with Crippen LogP contribution in [0.15, 0.2) is 41.3 Å². The Kier molecular flexibility index (Phi) is 5.33. The molecule has 1 N–H and O–H groups in total. The van der Waals surface area contributed by atoms with Crippen LogP contribution in [0.25, 0.3) is 0 Å². The first kappa shape index (κ1) is 19.1. The number of benzene rings is 2. The predicted octanol–water partition coefficient (Wildman–Crippen LogP) is 2.17. The van der Waals surface area contributed by atoms with E-state index < -0.39 is 15.8 Å². The summed E-state index contributed by atoms with van der Waals surface area (Å²) in [5, 5.41) is 0. The van der Waals surface area contributed by atoms with Gasteiger partial charge in [-0.25, -0.2) is 12.8 Å². The molecule has 0 unspecified atom stereocenters. The van der Waals surface area contributed by atoms with Gasteiger partial charge in [-0.05, 0) is 48.4 Å². The minimum absolute atomic E-state index is 0.0170. The molecule has 1 heterocycles. The molecule has 1 amide bonds. The van der Waals surface area contributed by atoms with Gasteiger partial charge in [-0.2, -0.15) is 0 Å². The summed E-state index contributed by atoms with van der Waals surface area (Å²) < 4.78 is 50.9. The molecule has 0 saturated heterocycles. The average molecular weight is 394 g/mol. The largest absolute Gasteiger partial charge is 0.494 e. The Morgan fingerprint density at radius 2 is 2.00 bits per heavy atom. The summed E-state index contributed by atoms with van der Waals surface area (Å²) in [5.74, 6) is -0.952. The molecule has 144 valence electrons. The second-order valence-electron chi connectivity index (χ2n) is 5.97. The lowest BCUT2D eigenvalue weighted by molar-refractivity contribution is -0.122. The number of hydrogen-bond acceptors (Lipinski definition) is 5. The highest BCUT2D eigenvalue weighted by atomic mass is 32.2. The number of halogens is 1. The van der Waals surface area contributed by atoms with E-state index in [0.717, 1.165) is 17.3 Å². The van der Waals surface area contributed by atoms with Crippen molar-refractivity contribution in [1.29, 1.82) is 0 Å². The van der Waals surface area contributed by atoms with Gasteiger partial charge in [0.25, 0.3) is 15.9 Å². The van der Waals surface area contributed by atoms with Crippen LogP contribution in [-0.2, 0) is 26.0 Å². The number of nitrogens with zero attached hydrogens (tertiary/aromatic N) is 1. The molecule has 1 aliphatic heterocycles. The number of carbonyl (C=O) groups excluding carboxylic acids is 1. The molecule has 0 atom stereocenters. The number of rotatable bonds is 6. The van der Waals surface area contributed by atoms with Gasteiger partial charge in [0.1, 0.15) is 6.61 Å². The van der Waals surface area contributed by atoms with Crippen LogP contribution in [0.3, 0.4) is 0 Å². The number of methoxy groups -OCH3 is 2. The summed E-state index contributed by atoms with van der Waals surface area (Å²) in [7, 11) is -1.21. The van der Waals surface area contributed by atoms with E-state index in [2.05, 4.69) is 4.72 Å². The quantitative estimate of drug-likeness (QED) is 0.812. The molecule has 2 aromatic rings. The fraction of sp³-hybridized carbons (Fsp3) is 0.278. The van der Waals surface area contributed by atoms with Gasteiger partial charge in [0, 0.05) is 25.0 Å². The smallest absolute Gasteiger partial charge is 0.262 e. The fourth-order valence-corrected chi connectivity index (χ4v) is 4.01. The van der Waals surface area contributed by atoms with Gasteiger partial charge in [-0.15, -0.1) is 0 Å². The molecule has 3 rings (SSSR count). The first-order valence-electron chi connectivity index (χ1n) is 8.14. The zero-order valence-corrected chi connectivity index (χ0v) is 15.7. The Labute approximate surface area is 156 Å². The van der Waals surface area contributed by atoms with E-state index in [1.54, 1.807) is 23.1 Å². The summed E-state index contributed by atoms with van der Waals surface area (Å²) in [6, 6.07) is 8.35. The molecule has 9 heteroatoms. The lowest BCUT2D eigenvalue weighted by Crippen LogP contribution is -2.31. The molecule has 2 aromatic carbocycles. The molecule has 0 spiro atoms. The van der Waals surface area contributed by atoms with Crippen LogP contribution in [0, 0.1) is 5.82 Å². The molecule has 27 heavy (non-hydrogen) atoms. The summed E-state index contributed by atoms with van der Waals surface area (Å²) in [6.45, 7) is 0.494. The monoisotopic (exact) mass is 394 g/mol. The molecule has 1 aliphatic rings. The number of fused-ring (bicyclic) bond motifs is 1. The summed E-state index contributed by atoms with van der Waals surface area (Å²) in [5.41, 5.74) is 1.92. The van der Waals surface area contributed by atoms with Crippen LogP contribution in [0.2, 0.25) is 0 Å². The van der Waals surface area contributed by atoms with Crippen LogP contribution in [-0.4, -0.2) is 41.7 Å². The maximum absolute atomic E-state index is 13.8. The van der Waals surface area contributed by atoms with Crippen molar-refractivity contribution in [2.75, 3.05) is 37.0 Å². The molecule has 0 bridgehead atoms. The number of nitrogens with one attached hydrogen (secondary N) is 1. The van der Waals surface area contributed by atoms with Crippen LogP contribution >= 0.6 is 0 Å². The number of carbonyl (C=O) groups is 1. The van der Waals surface area contributed by atoms with Crippen molar-refractivity contribution in [3.63, 3.8) is 0 Å². The highest BCUT2D eigenvalue weighted by Gasteiger charge is 2.25. The Morgan fingerprint density at radius 3 is 2.67 bits per heavy atom. The highest BCUT2D eigenvalue weighted by molar-refractivity contribution is 7.92. The number of anilines is 2. The van der Waals surface area contributed by atoms with Crippen LogP contribution < -0.4 is 14.4 Å². The molecule has 0 aromatic heterocycles. The van der Waals surface area contributed by atoms with Crippen molar-refractivity contribution < 1.29 is 27.1 Å². The first-order valence-corrected chi connectivity index (χ1v) is 9.62. The minimum Gasteiger partial charge on any atom is -0.494 e. The maximum Gasteiger partial charge on any atom is 0.262 e. The first-order chi connectivity index (χ1) is 12.9. The lowest BCUT2D eigenvalue weighted by Gasteiger charge is -2.17. The van der Waals surface area contributed by atoms with E-state index in [0.29, 0.717) is 18.7 Å². The lowest BCUT2D eigenvalue weighted by atomic mass is 10.1. The van der Waals surface area contributed by atoms with Gasteiger partial charge >= 0.3 is 0 Å². The molecule has 0 fully saturated rings. The molecule has 0 aliphatic carbocycles. The Balaban J connectivity index is 1.82. The van der Waals surface area contributed by atoms with Crippen LogP contribution in [0.5, 0.6) is 5.75 Å². The van der Waals surface area contributed by atoms with Crippen molar-refractivity contribution in [1.82, 2.24) is 0 Å². The minimum atomic E-state index is -3.96. The Hall–Kier alpha value is -2.65. The Bertz CT molecular complexity index is 978. The number of amides is 1. The Morgan fingerprint density at radius 1 is 1.22 bits per heavy atom. The van der Waals surface area contributed by atoms with Crippen LogP contribution in [0.4, 0.5) is 15.8 Å². The normalized spacial score (nSPS) is 13.4. The van der Waals surface area contributed by atoms with E-state index in [-0.39, 0.29) is 23.2 Å². The molecular formula is C18H19FN2O5S. The molecule has 0 radical (unpaired) electrons. The average Bonchev–Trinajstić information content (AvgIpc) is 3.04. The van der Waals surface area contributed by atoms with Crippen molar-refractivity contribution in [3.05, 3.63) is 47.8 Å². The van der Waals surface area contributed by atoms with Gasteiger partial charge in [-0.1, -0.05) is 0 Å². The second-order valence-corrected chi connectivity index (χ2v) is 7.66. The second kappa shape index (κ2) is 7.53. The van der Waals surface area contributed by atoms with Gasteiger partial charge in [0.05, 0.1) is 12.0 Å². The zero-order chi connectivity index (χ0) is 19.6. The third kappa shape index (κ3) is 3.88. The maximum atomic E-state index is 13.8. The third-order valence-electron chi connectivity index (χ3n) is 4.23. The van der Waals surface area contributed by atoms with Gasteiger partial charge in [-0.3, -0.25) is 9.52 Å². The number of hydrogen-bond donors (Lipinski definition) is 1.